The smallest absolute Gasteiger partial charge is 0.406 e. The van der Waals surface area contributed by atoms with Gasteiger partial charge in [-0.15, -0.1) is 13.2 Å². The quantitative estimate of drug-likeness (QED) is 0.254. The van der Waals surface area contributed by atoms with E-state index in [-0.39, 0.29) is 11.8 Å². The molecule has 206 valence electrons. The van der Waals surface area contributed by atoms with Crippen LogP contribution in [-0.4, -0.2) is 49.1 Å². The summed E-state index contributed by atoms with van der Waals surface area (Å²) < 4.78 is 44.7. The lowest BCUT2D eigenvalue weighted by Gasteiger charge is -2.32. The highest BCUT2D eigenvalue weighted by Gasteiger charge is 2.31. The van der Waals surface area contributed by atoms with Gasteiger partial charge in [0.05, 0.1) is 11.7 Å². The molecule has 0 saturated carbocycles. The summed E-state index contributed by atoms with van der Waals surface area (Å²) in [7, 11) is 0. The molecule has 5 aromatic rings. The Morgan fingerprint density at radius 3 is 2.50 bits per heavy atom. The summed E-state index contributed by atoms with van der Waals surface area (Å²) in [6.45, 7) is 4.66. The van der Waals surface area contributed by atoms with Gasteiger partial charge in [-0.3, -0.25) is 9.88 Å². The van der Waals surface area contributed by atoms with Gasteiger partial charge in [0.2, 0.25) is 0 Å². The highest BCUT2D eigenvalue weighted by molar-refractivity contribution is 5.90. The van der Waals surface area contributed by atoms with Crippen LogP contribution >= 0.6 is 0 Å². The van der Waals surface area contributed by atoms with Crippen LogP contribution in [0.2, 0.25) is 0 Å². The van der Waals surface area contributed by atoms with Crippen LogP contribution in [0, 0.1) is 6.92 Å². The Hall–Kier alpha value is -4.18. The fourth-order valence-corrected chi connectivity index (χ4v) is 5.44. The average molecular weight is 547 g/mol. The van der Waals surface area contributed by atoms with Gasteiger partial charge in [-0.25, -0.2) is 9.67 Å². The van der Waals surface area contributed by atoms with Crippen molar-refractivity contribution in [2.24, 2.45) is 0 Å². The second-order valence-corrected chi connectivity index (χ2v) is 10.2. The molecule has 0 radical (unpaired) electrons. The predicted octanol–water partition coefficient (Wildman–Crippen LogP) is 6.46. The fraction of sp³-hybridized carbons (Fsp3) is 0.300. The third kappa shape index (κ3) is 5.72. The van der Waals surface area contributed by atoms with Gasteiger partial charge >= 0.3 is 6.36 Å². The molecule has 0 bridgehead atoms. The molecule has 0 amide bonds. The number of hydrogen-bond acceptors (Lipinski definition) is 5. The Morgan fingerprint density at radius 2 is 1.77 bits per heavy atom. The standard InChI is InChI=1S/C30H29F3N6O/c1-20-25-17-24(40-30(31,32)33)9-10-26(25)35-28(20)29-36-27(16-22-8-5-13-34-18-22)37-39(29)23-11-14-38(15-12-23)19-21-6-3-2-4-7-21/h2-10,13,17-18,23,35H,11-12,14-16,19H2,1H3. The van der Waals surface area contributed by atoms with Gasteiger partial charge in [-0.05, 0) is 60.7 Å². The topological polar surface area (TPSA) is 71.9 Å². The molecule has 7 nitrogen and oxygen atoms in total. The second kappa shape index (κ2) is 10.8. The molecule has 40 heavy (non-hydrogen) atoms. The lowest BCUT2D eigenvalue weighted by molar-refractivity contribution is -0.274. The maximum absolute atomic E-state index is 12.8. The molecule has 1 saturated heterocycles. The number of ether oxygens (including phenoxy) is 1. The van der Waals surface area contributed by atoms with Crippen molar-refractivity contribution in [2.75, 3.05) is 13.1 Å². The number of alkyl halides is 3. The monoisotopic (exact) mass is 546 g/mol. The van der Waals surface area contributed by atoms with E-state index in [0.717, 1.165) is 49.3 Å². The minimum atomic E-state index is -4.75. The lowest BCUT2D eigenvalue weighted by atomic mass is 10.0. The average Bonchev–Trinajstić information content (AvgIpc) is 3.50. The zero-order valence-corrected chi connectivity index (χ0v) is 22.0. The molecular formula is C30H29F3N6O. The Bertz CT molecular complexity index is 1590. The van der Waals surface area contributed by atoms with Crippen molar-refractivity contribution in [3.05, 3.63) is 95.6 Å². The number of nitrogens with zero attached hydrogens (tertiary/aromatic N) is 5. The van der Waals surface area contributed by atoms with Crippen LogP contribution in [0.3, 0.4) is 0 Å². The van der Waals surface area contributed by atoms with Gasteiger partial charge in [0, 0.05) is 49.4 Å². The predicted molar refractivity (Wildman–Crippen MR) is 146 cm³/mol. The number of nitrogens with one attached hydrogen (secondary N) is 1. The van der Waals surface area contributed by atoms with Crippen LogP contribution in [0.1, 0.15) is 41.4 Å². The van der Waals surface area contributed by atoms with Crippen LogP contribution in [0.25, 0.3) is 22.4 Å². The van der Waals surface area contributed by atoms with E-state index in [4.69, 9.17) is 10.1 Å². The molecule has 0 spiro atoms. The van der Waals surface area contributed by atoms with Gasteiger partial charge < -0.3 is 9.72 Å². The van der Waals surface area contributed by atoms with Crippen molar-refractivity contribution >= 4 is 10.9 Å². The van der Waals surface area contributed by atoms with Crippen LogP contribution in [0.4, 0.5) is 13.2 Å². The zero-order valence-electron chi connectivity index (χ0n) is 22.0. The van der Waals surface area contributed by atoms with E-state index in [1.165, 1.54) is 17.7 Å². The largest absolute Gasteiger partial charge is 0.573 e. The molecule has 0 atom stereocenters. The minimum Gasteiger partial charge on any atom is -0.406 e. The number of rotatable bonds is 7. The molecule has 1 N–H and O–H groups in total. The highest BCUT2D eigenvalue weighted by Crippen LogP contribution is 2.35. The van der Waals surface area contributed by atoms with Crippen molar-refractivity contribution in [3.8, 4) is 17.3 Å². The summed E-state index contributed by atoms with van der Waals surface area (Å²) in [6, 6.07) is 18.8. The van der Waals surface area contributed by atoms with Crippen molar-refractivity contribution in [3.63, 3.8) is 0 Å². The maximum atomic E-state index is 12.8. The Morgan fingerprint density at radius 1 is 1.00 bits per heavy atom. The molecule has 1 fully saturated rings. The van der Waals surface area contributed by atoms with Crippen LogP contribution < -0.4 is 4.74 Å². The van der Waals surface area contributed by atoms with Crippen molar-refractivity contribution in [1.29, 1.82) is 0 Å². The lowest BCUT2D eigenvalue weighted by Crippen LogP contribution is -2.34. The molecule has 10 heteroatoms. The van der Waals surface area contributed by atoms with Crippen LogP contribution in [0.15, 0.2) is 73.1 Å². The Kier molecular flexibility index (Phi) is 7.02. The van der Waals surface area contributed by atoms with E-state index in [1.54, 1.807) is 18.5 Å². The van der Waals surface area contributed by atoms with Crippen molar-refractivity contribution in [2.45, 2.75) is 45.1 Å². The number of aryl methyl sites for hydroxylation is 1. The zero-order chi connectivity index (χ0) is 27.7. The number of piperidine rings is 1. The van der Waals surface area contributed by atoms with E-state index < -0.39 is 6.36 Å². The van der Waals surface area contributed by atoms with Gasteiger partial charge in [0.1, 0.15) is 5.75 Å². The molecule has 1 aliphatic heterocycles. The van der Waals surface area contributed by atoms with Crippen molar-refractivity contribution < 1.29 is 17.9 Å². The minimum absolute atomic E-state index is 0.145. The SMILES string of the molecule is Cc1c(-c2nc(Cc3cccnc3)nn2C2CCN(Cc3ccccc3)CC2)[nH]c2ccc(OC(F)(F)F)cc12. The summed E-state index contributed by atoms with van der Waals surface area (Å²) in [5.74, 6) is 1.11. The number of fused-ring (bicyclic) bond motifs is 1. The molecular weight excluding hydrogens is 517 g/mol. The second-order valence-electron chi connectivity index (χ2n) is 10.2. The molecule has 1 aliphatic rings. The number of pyridine rings is 1. The first-order chi connectivity index (χ1) is 19.3. The molecule has 4 heterocycles. The van der Waals surface area contributed by atoms with Gasteiger partial charge in [0.25, 0.3) is 0 Å². The summed E-state index contributed by atoms with van der Waals surface area (Å²) >= 11 is 0. The fourth-order valence-electron chi connectivity index (χ4n) is 5.44. The van der Waals surface area contributed by atoms with Gasteiger partial charge in [-0.1, -0.05) is 36.4 Å². The molecule has 0 unspecified atom stereocenters. The van der Waals surface area contributed by atoms with E-state index >= 15 is 0 Å². The molecule has 2 aromatic carbocycles. The molecule has 6 rings (SSSR count). The van der Waals surface area contributed by atoms with E-state index in [2.05, 4.69) is 43.9 Å². The first-order valence-electron chi connectivity index (χ1n) is 13.3. The highest BCUT2D eigenvalue weighted by atomic mass is 19.4. The number of halogens is 3. The van der Waals surface area contributed by atoms with E-state index in [0.29, 0.717) is 29.0 Å². The van der Waals surface area contributed by atoms with Crippen LogP contribution in [-0.2, 0) is 13.0 Å². The number of likely N-dealkylation sites (tertiary alicyclic amines) is 1. The van der Waals surface area contributed by atoms with Crippen LogP contribution in [0.5, 0.6) is 5.75 Å². The first kappa shape index (κ1) is 26.1. The summed E-state index contributed by atoms with van der Waals surface area (Å²) in [4.78, 5) is 15.0. The molecule has 3 aromatic heterocycles. The molecule has 0 aliphatic carbocycles. The summed E-state index contributed by atoms with van der Waals surface area (Å²) in [6.07, 6.45) is 1.14. The van der Waals surface area contributed by atoms with Gasteiger partial charge in [-0.2, -0.15) is 5.10 Å². The van der Waals surface area contributed by atoms with E-state index in [9.17, 15) is 13.2 Å². The number of H-pyrrole nitrogens is 1. The Balaban J connectivity index is 1.31. The summed E-state index contributed by atoms with van der Waals surface area (Å²) in [5, 5.41) is 5.61. The Labute approximate surface area is 229 Å². The number of aromatic nitrogens is 5. The van der Waals surface area contributed by atoms with E-state index in [1.807, 2.05) is 29.8 Å². The van der Waals surface area contributed by atoms with Crippen molar-refractivity contribution in [1.82, 2.24) is 29.6 Å². The summed E-state index contributed by atoms with van der Waals surface area (Å²) in [5.41, 5.74) is 4.56. The third-order valence-electron chi connectivity index (χ3n) is 7.40. The first-order valence-corrected chi connectivity index (χ1v) is 13.3. The normalized spacial score (nSPS) is 15.1. The van der Waals surface area contributed by atoms with Gasteiger partial charge in [0.15, 0.2) is 11.6 Å². The maximum Gasteiger partial charge on any atom is 0.573 e. The number of aromatic amines is 1. The third-order valence-corrected chi connectivity index (χ3v) is 7.40. The number of benzene rings is 2. The number of hydrogen-bond donors (Lipinski definition) is 1.